The molecule has 2 nitrogen and oxygen atoms in total. The van der Waals surface area contributed by atoms with E-state index in [4.69, 9.17) is 0 Å². The second-order valence-electron chi connectivity index (χ2n) is 2.27. The van der Waals surface area contributed by atoms with Crippen LogP contribution in [0.5, 0.6) is 0 Å². The van der Waals surface area contributed by atoms with Crippen molar-refractivity contribution >= 4 is 5.97 Å². The van der Waals surface area contributed by atoms with E-state index in [1.807, 2.05) is 6.08 Å². The van der Waals surface area contributed by atoms with E-state index in [0.29, 0.717) is 0 Å². The molecule has 0 aromatic heterocycles. The average molecular weight is 155 g/mol. The smallest absolute Gasteiger partial charge is 0.330 e. The molecule has 0 aliphatic heterocycles. The largest absolute Gasteiger partial charge is 0.466 e. The molecule has 0 aliphatic rings. The van der Waals surface area contributed by atoms with Crippen LogP contribution in [0.3, 0.4) is 0 Å². The Morgan fingerprint density at radius 1 is 1.55 bits per heavy atom. The highest BCUT2D eigenvalue weighted by Crippen LogP contribution is 1.98. The molecule has 0 rings (SSSR count). The number of ether oxygens (including phenoxy) is 1. The summed E-state index contributed by atoms with van der Waals surface area (Å²) >= 11 is 0. The maximum atomic E-state index is 10.5. The van der Waals surface area contributed by atoms with Crippen molar-refractivity contribution in [3.05, 3.63) is 19.1 Å². The number of carbonyl (C=O) groups excluding carboxylic acids is 1. The molecule has 0 saturated heterocycles. The normalized spacial score (nSPS) is 10.4. The summed E-state index contributed by atoms with van der Waals surface area (Å²) in [5.74, 6) is -0.278. The minimum absolute atomic E-state index is 0.278. The average Bonchev–Trinajstić information content (AvgIpc) is 2.04. The molecule has 0 saturated carbocycles. The van der Waals surface area contributed by atoms with Gasteiger partial charge in [0.25, 0.3) is 0 Å². The first-order valence-corrected chi connectivity index (χ1v) is 3.85. The van der Waals surface area contributed by atoms with Crippen molar-refractivity contribution in [1.82, 2.24) is 0 Å². The second kappa shape index (κ2) is 7.32. The van der Waals surface area contributed by atoms with Gasteiger partial charge in [0.2, 0.25) is 0 Å². The summed E-state index contributed by atoms with van der Waals surface area (Å²) in [6.07, 6.45) is 7.41. The van der Waals surface area contributed by atoms with Crippen LogP contribution in [0.1, 0.15) is 25.7 Å². The van der Waals surface area contributed by atoms with E-state index >= 15 is 0 Å². The standard InChI is InChI=1S/C9H15O2/c1-3-4-5-6-7-8-9(10)11-2/h7-8H,1,3-6H2,2H3. The number of unbranched alkanes of at least 4 members (excludes halogenated alkanes) is 3. The van der Waals surface area contributed by atoms with E-state index in [2.05, 4.69) is 11.7 Å². The van der Waals surface area contributed by atoms with E-state index < -0.39 is 0 Å². The molecule has 2 heteroatoms. The third-order valence-corrected chi connectivity index (χ3v) is 1.33. The summed E-state index contributed by atoms with van der Waals surface area (Å²) in [4.78, 5) is 10.5. The highest BCUT2D eigenvalue weighted by Gasteiger charge is 1.88. The fraction of sp³-hybridized carbons (Fsp3) is 0.556. The van der Waals surface area contributed by atoms with E-state index in [1.165, 1.54) is 13.2 Å². The summed E-state index contributed by atoms with van der Waals surface area (Å²) in [6, 6.07) is 0. The lowest BCUT2D eigenvalue weighted by molar-refractivity contribution is -0.134. The maximum absolute atomic E-state index is 10.5. The van der Waals surface area contributed by atoms with Crippen molar-refractivity contribution in [2.45, 2.75) is 25.7 Å². The van der Waals surface area contributed by atoms with Gasteiger partial charge >= 0.3 is 5.97 Å². The summed E-state index contributed by atoms with van der Waals surface area (Å²) < 4.78 is 4.42. The summed E-state index contributed by atoms with van der Waals surface area (Å²) in [5.41, 5.74) is 0. The molecule has 0 amide bonds. The Morgan fingerprint density at radius 3 is 2.82 bits per heavy atom. The van der Waals surface area contributed by atoms with Gasteiger partial charge in [0.05, 0.1) is 7.11 Å². The van der Waals surface area contributed by atoms with Crippen molar-refractivity contribution in [3.63, 3.8) is 0 Å². The maximum Gasteiger partial charge on any atom is 0.330 e. The van der Waals surface area contributed by atoms with Gasteiger partial charge in [-0.05, 0) is 12.8 Å². The molecular formula is C9H15O2. The topological polar surface area (TPSA) is 26.3 Å². The van der Waals surface area contributed by atoms with Gasteiger partial charge in [-0.2, -0.15) is 0 Å². The van der Waals surface area contributed by atoms with Gasteiger partial charge in [0, 0.05) is 6.08 Å². The lowest BCUT2D eigenvalue weighted by atomic mass is 10.2. The number of allylic oxidation sites excluding steroid dienone is 1. The van der Waals surface area contributed by atoms with Crippen LogP contribution >= 0.6 is 0 Å². The SMILES string of the molecule is [CH2]CCCCC=CC(=O)OC. The van der Waals surface area contributed by atoms with Crippen LogP contribution in [-0.4, -0.2) is 13.1 Å². The van der Waals surface area contributed by atoms with E-state index in [9.17, 15) is 4.79 Å². The third-order valence-electron chi connectivity index (χ3n) is 1.33. The predicted molar refractivity (Wildman–Crippen MR) is 45.0 cm³/mol. The quantitative estimate of drug-likeness (QED) is 0.345. The van der Waals surface area contributed by atoms with Crippen LogP contribution in [-0.2, 0) is 9.53 Å². The molecule has 0 aromatic carbocycles. The fourth-order valence-electron chi connectivity index (χ4n) is 0.687. The van der Waals surface area contributed by atoms with Crippen molar-refractivity contribution < 1.29 is 9.53 Å². The number of carbonyl (C=O) groups is 1. The molecule has 0 atom stereocenters. The van der Waals surface area contributed by atoms with Gasteiger partial charge in [0.15, 0.2) is 0 Å². The Kier molecular flexibility index (Phi) is 6.79. The first-order valence-electron chi connectivity index (χ1n) is 3.85. The van der Waals surface area contributed by atoms with Crippen molar-refractivity contribution in [3.8, 4) is 0 Å². The Balaban J connectivity index is 3.22. The van der Waals surface area contributed by atoms with Gasteiger partial charge < -0.3 is 4.74 Å². The Hall–Kier alpha value is -0.790. The molecule has 0 heterocycles. The van der Waals surface area contributed by atoms with Crippen LogP contribution in [0.2, 0.25) is 0 Å². The predicted octanol–water partition coefficient (Wildman–Crippen LogP) is 2.11. The molecule has 0 unspecified atom stereocenters. The zero-order chi connectivity index (χ0) is 8.53. The first-order chi connectivity index (χ1) is 5.31. The fourth-order valence-corrected chi connectivity index (χ4v) is 0.687. The van der Waals surface area contributed by atoms with Crippen LogP contribution < -0.4 is 0 Å². The van der Waals surface area contributed by atoms with Crippen LogP contribution in [0.4, 0.5) is 0 Å². The van der Waals surface area contributed by atoms with Crippen molar-refractivity contribution in [1.29, 1.82) is 0 Å². The summed E-state index contributed by atoms with van der Waals surface area (Å²) in [5, 5.41) is 0. The monoisotopic (exact) mass is 155 g/mol. The van der Waals surface area contributed by atoms with Crippen LogP contribution in [0.25, 0.3) is 0 Å². The third kappa shape index (κ3) is 7.10. The number of rotatable bonds is 5. The zero-order valence-corrected chi connectivity index (χ0v) is 7.01. The molecule has 63 valence electrons. The lowest BCUT2D eigenvalue weighted by Gasteiger charge is -1.91. The zero-order valence-electron chi connectivity index (χ0n) is 7.01. The molecule has 0 N–H and O–H groups in total. The number of hydrogen-bond acceptors (Lipinski definition) is 2. The molecule has 0 fully saturated rings. The van der Waals surface area contributed by atoms with Crippen molar-refractivity contribution in [2.75, 3.05) is 7.11 Å². The van der Waals surface area contributed by atoms with Gasteiger partial charge in [-0.15, -0.1) is 0 Å². The Bertz CT molecular complexity index is 128. The number of hydrogen-bond donors (Lipinski definition) is 0. The second-order valence-corrected chi connectivity index (χ2v) is 2.27. The summed E-state index contributed by atoms with van der Waals surface area (Å²) in [6.45, 7) is 3.72. The Morgan fingerprint density at radius 2 is 2.27 bits per heavy atom. The molecule has 0 spiro atoms. The first kappa shape index (κ1) is 10.2. The molecule has 11 heavy (non-hydrogen) atoms. The van der Waals surface area contributed by atoms with Gasteiger partial charge in [-0.25, -0.2) is 4.79 Å². The number of methoxy groups -OCH3 is 1. The highest BCUT2D eigenvalue weighted by atomic mass is 16.5. The molecule has 0 bridgehead atoms. The minimum Gasteiger partial charge on any atom is -0.466 e. The minimum atomic E-state index is -0.278. The number of esters is 1. The van der Waals surface area contributed by atoms with E-state index in [1.54, 1.807) is 0 Å². The molecule has 1 radical (unpaired) electrons. The van der Waals surface area contributed by atoms with Gasteiger partial charge in [0.1, 0.15) is 0 Å². The van der Waals surface area contributed by atoms with E-state index in [-0.39, 0.29) is 5.97 Å². The molecule has 0 aromatic rings. The highest BCUT2D eigenvalue weighted by molar-refractivity contribution is 5.81. The van der Waals surface area contributed by atoms with Crippen LogP contribution in [0.15, 0.2) is 12.2 Å². The molecule has 0 aliphatic carbocycles. The van der Waals surface area contributed by atoms with Crippen molar-refractivity contribution in [2.24, 2.45) is 0 Å². The summed E-state index contributed by atoms with van der Waals surface area (Å²) in [7, 11) is 1.38. The van der Waals surface area contributed by atoms with Gasteiger partial charge in [-0.1, -0.05) is 25.8 Å². The van der Waals surface area contributed by atoms with Gasteiger partial charge in [-0.3, -0.25) is 0 Å². The van der Waals surface area contributed by atoms with Crippen LogP contribution in [0, 0.1) is 6.92 Å². The van der Waals surface area contributed by atoms with E-state index in [0.717, 1.165) is 25.7 Å². The molecular weight excluding hydrogens is 140 g/mol. The Labute approximate surface area is 68.2 Å². The lowest BCUT2D eigenvalue weighted by Crippen LogP contribution is -1.93.